The number of Topliss-reactive ketones (excluding diaryl/α,β-unsaturated/α-hetero) is 1. The molecule has 1 aliphatic rings. The van der Waals surface area contributed by atoms with Gasteiger partial charge in [-0.1, -0.05) is 11.6 Å². The second kappa shape index (κ2) is 3.70. The lowest BCUT2D eigenvalue weighted by Gasteiger charge is -2.13. The van der Waals surface area contributed by atoms with Crippen molar-refractivity contribution in [2.75, 3.05) is 0 Å². The van der Waals surface area contributed by atoms with E-state index in [2.05, 4.69) is 0 Å². The summed E-state index contributed by atoms with van der Waals surface area (Å²) in [4.78, 5) is 23.9. The van der Waals surface area contributed by atoms with Crippen molar-refractivity contribution in [1.29, 1.82) is 0 Å². The van der Waals surface area contributed by atoms with E-state index in [1.54, 1.807) is 18.2 Å². The van der Waals surface area contributed by atoms with Gasteiger partial charge in [-0.15, -0.1) is 0 Å². The van der Waals surface area contributed by atoms with Crippen LogP contribution in [0.3, 0.4) is 0 Å². The summed E-state index contributed by atoms with van der Waals surface area (Å²) in [5, 5.41) is 0.847. The number of hydrogen-bond donors (Lipinski definition) is 0. The van der Waals surface area contributed by atoms with Crippen LogP contribution in [-0.2, 0) is 6.42 Å². The molecular weight excluding hydrogens is 240 g/mol. The molecule has 0 saturated carbocycles. The van der Waals surface area contributed by atoms with Gasteiger partial charge in [-0.05, 0) is 24.6 Å². The van der Waals surface area contributed by atoms with Crippen LogP contribution in [0.5, 0.6) is 0 Å². The molecule has 1 aromatic carbocycles. The van der Waals surface area contributed by atoms with Crippen LogP contribution in [0, 0.1) is 0 Å². The molecule has 4 heteroatoms. The van der Waals surface area contributed by atoms with Crippen molar-refractivity contribution >= 4 is 28.4 Å². The van der Waals surface area contributed by atoms with Crippen LogP contribution in [0.2, 0.25) is 5.02 Å². The molecule has 0 saturated heterocycles. The Bertz CT molecular complexity index is 685. The molecule has 0 aliphatic heterocycles. The van der Waals surface area contributed by atoms with E-state index in [9.17, 15) is 9.59 Å². The van der Waals surface area contributed by atoms with Crippen LogP contribution < -0.4 is 5.43 Å². The normalized spacial score (nSPS) is 15.0. The third-order valence-corrected chi connectivity index (χ3v) is 3.25. The van der Waals surface area contributed by atoms with Crippen molar-refractivity contribution in [3.05, 3.63) is 44.8 Å². The lowest BCUT2D eigenvalue weighted by Crippen LogP contribution is -2.22. The first-order valence-electron chi connectivity index (χ1n) is 5.45. The summed E-state index contributed by atoms with van der Waals surface area (Å²) < 4.78 is 5.61. The summed E-state index contributed by atoms with van der Waals surface area (Å²) >= 11 is 5.84. The maximum absolute atomic E-state index is 12.2. The Labute approximate surface area is 102 Å². The largest absolute Gasteiger partial charge is 0.460 e. The average molecular weight is 249 g/mol. The molecule has 0 fully saturated rings. The minimum atomic E-state index is -0.256. The van der Waals surface area contributed by atoms with Crippen molar-refractivity contribution in [2.45, 2.75) is 19.3 Å². The van der Waals surface area contributed by atoms with Gasteiger partial charge in [0.1, 0.15) is 16.9 Å². The summed E-state index contributed by atoms with van der Waals surface area (Å²) in [5.41, 5.74) is 0.451. The highest BCUT2D eigenvalue weighted by molar-refractivity contribution is 6.31. The molecule has 1 heterocycles. The van der Waals surface area contributed by atoms with Crippen molar-refractivity contribution in [2.24, 2.45) is 0 Å². The average Bonchev–Trinajstić information content (AvgIpc) is 2.30. The van der Waals surface area contributed by atoms with Crippen LogP contribution in [0.25, 0.3) is 11.0 Å². The summed E-state index contributed by atoms with van der Waals surface area (Å²) in [7, 11) is 0. The molecule has 3 rings (SSSR count). The maximum Gasteiger partial charge on any atom is 0.203 e. The van der Waals surface area contributed by atoms with Gasteiger partial charge in [-0.2, -0.15) is 0 Å². The van der Waals surface area contributed by atoms with Gasteiger partial charge in [0.25, 0.3) is 0 Å². The van der Waals surface area contributed by atoms with Crippen LogP contribution in [0.4, 0.5) is 0 Å². The highest BCUT2D eigenvalue weighted by Crippen LogP contribution is 2.24. The summed E-state index contributed by atoms with van der Waals surface area (Å²) in [6.07, 6.45) is 1.81. The zero-order chi connectivity index (χ0) is 12.0. The van der Waals surface area contributed by atoms with E-state index in [0.29, 0.717) is 34.6 Å². The van der Waals surface area contributed by atoms with Gasteiger partial charge >= 0.3 is 0 Å². The predicted octanol–water partition coefficient (Wildman–Crippen LogP) is 2.97. The Hall–Kier alpha value is -1.61. The number of fused-ring (bicyclic) bond motifs is 2. The van der Waals surface area contributed by atoms with Gasteiger partial charge in [0.05, 0.1) is 5.39 Å². The monoisotopic (exact) mass is 248 g/mol. The van der Waals surface area contributed by atoms with Crippen molar-refractivity contribution in [3.63, 3.8) is 0 Å². The lowest BCUT2D eigenvalue weighted by molar-refractivity contribution is 0.0966. The number of rotatable bonds is 0. The van der Waals surface area contributed by atoms with Gasteiger partial charge < -0.3 is 4.42 Å². The van der Waals surface area contributed by atoms with Crippen molar-refractivity contribution in [3.8, 4) is 0 Å². The Morgan fingerprint density at radius 3 is 2.82 bits per heavy atom. The number of benzene rings is 1. The SMILES string of the molecule is O=C1CCCc2oc3ccc(Cl)cc3c(=O)c21. The van der Waals surface area contributed by atoms with Gasteiger partial charge in [0.15, 0.2) is 5.78 Å². The van der Waals surface area contributed by atoms with Crippen LogP contribution in [0.1, 0.15) is 29.0 Å². The molecule has 0 N–H and O–H groups in total. The standard InChI is InChI=1S/C13H9ClO3/c14-7-4-5-10-8(6-7)13(16)12-9(15)2-1-3-11(12)17-10/h4-6H,1-3H2. The quantitative estimate of drug-likeness (QED) is 0.720. The Balaban J connectivity index is 2.44. The Morgan fingerprint density at radius 2 is 2.00 bits per heavy atom. The van der Waals surface area contributed by atoms with Crippen LogP contribution in [-0.4, -0.2) is 5.78 Å². The minimum Gasteiger partial charge on any atom is -0.460 e. The summed E-state index contributed by atoms with van der Waals surface area (Å²) in [5.74, 6) is 0.392. The number of halogens is 1. The predicted molar refractivity (Wildman–Crippen MR) is 64.8 cm³/mol. The van der Waals surface area contributed by atoms with E-state index in [-0.39, 0.29) is 16.8 Å². The first-order chi connectivity index (χ1) is 8.16. The Morgan fingerprint density at radius 1 is 1.18 bits per heavy atom. The molecular formula is C13H9ClO3. The van der Waals surface area contributed by atoms with Gasteiger partial charge in [-0.25, -0.2) is 0 Å². The summed E-state index contributed by atoms with van der Waals surface area (Å²) in [6, 6.07) is 4.88. The van der Waals surface area contributed by atoms with E-state index in [0.717, 1.165) is 6.42 Å². The molecule has 0 unspecified atom stereocenters. The van der Waals surface area contributed by atoms with Gasteiger partial charge in [0, 0.05) is 17.9 Å². The highest BCUT2D eigenvalue weighted by Gasteiger charge is 2.24. The molecule has 0 radical (unpaired) electrons. The van der Waals surface area contributed by atoms with Crippen molar-refractivity contribution < 1.29 is 9.21 Å². The van der Waals surface area contributed by atoms with Crippen LogP contribution >= 0.6 is 11.6 Å². The zero-order valence-corrected chi connectivity index (χ0v) is 9.71. The fraction of sp³-hybridized carbons (Fsp3) is 0.231. The minimum absolute atomic E-state index is 0.123. The molecule has 1 aromatic heterocycles. The topological polar surface area (TPSA) is 47.3 Å². The maximum atomic E-state index is 12.2. The molecule has 0 bridgehead atoms. The second-order valence-electron chi connectivity index (χ2n) is 4.15. The third-order valence-electron chi connectivity index (χ3n) is 3.01. The van der Waals surface area contributed by atoms with Gasteiger partial charge in [-0.3, -0.25) is 9.59 Å². The number of carbonyl (C=O) groups excluding carboxylic acids is 1. The molecule has 0 amide bonds. The first-order valence-corrected chi connectivity index (χ1v) is 5.83. The molecule has 1 aliphatic carbocycles. The number of carbonyl (C=O) groups is 1. The molecule has 86 valence electrons. The third kappa shape index (κ3) is 1.58. The molecule has 2 aromatic rings. The van der Waals surface area contributed by atoms with Crippen LogP contribution in [0.15, 0.2) is 27.4 Å². The lowest BCUT2D eigenvalue weighted by atomic mass is 9.94. The second-order valence-corrected chi connectivity index (χ2v) is 4.58. The molecule has 0 atom stereocenters. The van der Waals surface area contributed by atoms with E-state index in [4.69, 9.17) is 16.0 Å². The number of hydrogen-bond acceptors (Lipinski definition) is 3. The Kier molecular flexibility index (Phi) is 2.30. The summed E-state index contributed by atoms with van der Waals surface area (Å²) in [6.45, 7) is 0. The fourth-order valence-electron chi connectivity index (χ4n) is 2.21. The van der Waals surface area contributed by atoms with E-state index >= 15 is 0 Å². The fourth-order valence-corrected chi connectivity index (χ4v) is 2.38. The number of ketones is 1. The highest BCUT2D eigenvalue weighted by atomic mass is 35.5. The number of aryl methyl sites for hydroxylation is 1. The molecule has 3 nitrogen and oxygen atoms in total. The molecule has 0 spiro atoms. The van der Waals surface area contributed by atoms with E-state index in [1.165, 1.54) is 0 Å². The van der Waals surface area contributed by atoms with Crippen molar-refractivity contribution in [1.82, 2.24) is 0 Å². The molecule has 17 heavy (non-hydrogen) atoms. The first kappa shape index (κ1) is 10.5. The van der Waals surface area contributed by atoms with E-state index in [1.807, 2.05) is 0 Å². The van der Waals surface area contributed by atoms with Gasteiger partial charge in [0.2, 0.25) is 5.43 Å². The smallest absolute Gasteiger partial charge is 0.203 e. The van der Waals surface area contributed by atoms with E-state index < -0.39 is 0 Å². The zero-order valence-electron chi connectivity index (χ0n) is 8.96.